The number of thiazole rings is 1. The number of hydrogen-bond acceptors (Lipinski definition) is 6. The Balaban J connectivity index is 2.01. The van der Waals surface area contributed by atoms with Crippen LogP contribution < -0.4 is 9.04 Å². The first kappa shape index (κ1) is 28.2. The Labute approximate surface area is 216 Å². The van der Waals surface area contributed by atoms with Gasteiger partial charge in [-0.1, -0.05) is 38.1 Å². The van der Waals surface area contributed by atoms with E-state index >= 15 is 0 Å². The van der Waals surface area contributed by atoms with Crippen LogP contribution >= 0.6 is 11.3 Å². The maximum Gasteiger partial charge on any atom is 0.416 e. The third kappa shape index (κ3) is 7.32. The van der Waals surface area contributed by atoms with Crippen molar-refractivity contribution in [2.45, 2.75) is 37.9 Å². The fraction of sp³-hybridized carbons (Fsp3) is 0.280. The zero-order valence-corrected chi connectivity index (χ0v) is 21.8. The minimum atomic E-state index is -4.66. The largest absolute Gasteiger partial charge is 0.487 e. The SMILES string of the molecule is Cc1csc(S(=O)(=O)N(CC(C)C)c2ccc(C(F)(F)F)cc2OCc2ccc(/C=C/C(=O)O)cc2)n1. The van der Waals surface area contributed by atoms with E-state index in [1.54, 1.807) is 50.4 Å². The molecule has 0 spiro atoms. The van der Waals surface area contributed by atoms with E-state index in [9.17, 15) is 26.4 Å². The van der Waals surface area contributed by atoms with Crippen molar-refractivity contribution in [3.63, 3.8) is 0 Å². The van der Waals surface area contributed by atoms with Gasteiger partial charge in [0.2, 0.25) is 4.34 Å². The molecule has 1 aromatic heterocycles. The molecule has 1 N–H and O–H groups in total. The topological polar surface area (TPSA) is 96.8 Å². The fourth-order valence-electron chi connectivity index (χ4n) is 3.27. The number of aliphatic carboxylic acids is 1. The molecular formula is C25H25F3N2O5S2. The molecule has 0 aliphatic heterocycles. The van der Waals surface area contributed by atoms with Gasteiger partial charge in [-0.25, -0.2) is 9.78 Å². The number of hydrogen-bond donors (Lipinski definition) is 1. The van der Waals surface area contributed by atoms with E-state index in [1.165, 1.54) is 6.08 Å². The Kier molecular flexibility index (Phi) is 8.64. The number of ether oxygens (including phenoxy) is 1. The van der Waals surface area contributed by atoms with Crippen LogP contribution in [0, 0.1) is 12.8 Å². The van der Waals surface area contributed by atoms with Gasteiger partial charge in [0, 0.05) is 23.7 Å². The second kappa shape index (κ2) is 11.3. The lowest BCUT2D eigenvalue weighted by atomic mass is 10.1. The highest BCUT2D eigenvalue weighted by molar-refractivity contribution is 7.94. The standard InChI is InChI=1S/C25H25F3N2O5S2/c1-16(2)13-30(37(33,34)24-29-17(3)15-36-24)21-10-9-20(25(26,27)28)12-22(21)35-14-19-6-4-18(5-7-19)8-11-23(31)32/h4-12,15-16H,13-14H2,1-3H3,(H,31,32)/b11-8+. The third-order valence-corrected chi connectivity index (χ3v) is 8.12. The average molecular weight is 555 g/mol. The van der Waals surface area contributed by atoms with Crippen LogP contribution in [0.5, 0.6) is 5.75 Å². The first-order valence-corrected chi connectivity index (χ1v) is 13.4. The highest BCUT2D eigenvalue weighted by Gasteiger charge is 2.35. The highest BCUT2D eigenvalue weighted by Crippen LogP contribution is 2.39. The van der Waals surface area contributed by atoms with Crippen molar-refractivity contribution in [2.24, 2.45) is 5.92 Å². The summed E-state index contributed by atoms with van der Waals surface area (Å²) in [6, 6.07) is 9.23. The Morgan fingerprint density at radius 1 is 1.19 bits per heavy atom. The van der Waals surface area contributed by atoms with Gasteiger partial charge in [-0.3, -0.25) is 4.31 Å². The molecule has 0 bridgehead atoms. The molecule has 0 atom stereocenters. The molecule has 0 saturated heterocycles. The second-order valence-electron chi connectivity index (χ2n) is 8.57. The van der Waals surface area contributed by atoms with Crippen LogP contribution in [-0.2, 0) is 27.6 Å². The predicted molar refractivity (Wildman–Crippen MR) is 135 cm³/mol. The summed E-state index contributed by atoms with van der Waals surface area (Å²) in [5.74, 6) is -1.50. The van der Waals surface area contributed by atoms with Crippen molar-refractivity contribution >= 4 is 39.1 Å². The van der Waals surface area contributed by atoms with Crippen LogP contribution in [0.1, 0.15) is 36.2 Å². The van der Waals surface area contributed by atoms with Gasteiger partial charge in [0.1, 0.15) is 12.4 Å². The molecule has 0 saturated carbocycles. The first-order chi connectivity index (χ1) is 17.3. The molecule has 0 aliphatic rings. The van der Waals surface area contributed by atoms with Gasteiger partial charge in [-0.05, 0) is 48.2 Å². The zero-order valence-electron chi connectivity index (χ0n) is 20.2. The van der Waals surface area contributed by atoms with Gasteiger partial charge in [0.15, 0.2) is 0 Å². The van der Waals surface area contributed by atoms with Crippen molar-refractivity contribution < 1.29 is 36.2 Å². The summed E-state index contributed by atoms with van der Waals surface area (Å²) in [6.45, 7) is 5.08. The predicted octanol–water partition coefficient (Wildman–Crippen LogP) is 6.00. The summed E-state index contributed by atoms with van der Waals surface area (Å²) in [5.41, 5.74) is 0.699. The number of carboxylic acid groups (broad SMARTS) is 1. The number of anilines is 1. The highest BCUT2D eigenvalue weighted by atomic mass is 32.2. The monoisotopic (exact) mass is 554 g/mol. The molecule has 0 aliphatic carbocycles. The van der Waals surface area contributed by atoms with E-state index < -0.39 is 27.7 Å². The number of sulfonamides is 1. The van der Waals surface area contributed by atoms with E-state index in [0.29, 0.717) is 16.8 Å². The number of alkyl halides is 3. The number of carbonyl (C=O) groups is 1. The first-order valence-electron chi connectivity index (χ1n) is 11.1. The number of aromatic nitrogens is 1. The number of carboxylic acids is 1. The van der Waals surface area contributed by atoms with E-state index in [2.05, 4.69) is 4.98 Å². The van der Waals surface area contributed by atoms with Gasteiger partial charge < -0.3 is 9.84 Å². The maximum absolute atomic E-state index is 13.5. The van der Waals surface area contributed by atoms with Crippen LogP contribution in [0.2, 0.25) is 0 Å². The molecular weight excluding hydrogens is 529 g/mol. The average Bonchev–Trinajstić information content (AvgIpc) is 3.27. The third-order valence-electron chi connectivity index (χ3n) is 4.99. The van der Waals surface area contributed by atoms with Gasteiger partial charge >= 0.3 is 12.1 Å². The lowest BCUT2D eigenvalue weighted by molar-refractivity contribution is -0.137. The molecule has 0 unspecified atom stereocenters. The van der Waals surface area contributed by atoms with Gasteiger partial charge in [-0.2, -0.15) is 21.6 Å². The molecule has 0 amide bonds. The number of nitrogens with zero attached hydrogens (tertiary/aromatic N) is 2. The lowest BCUT2D eigenvalue weighted by Crippen LogP contribution is -2.34. The second-order valence-corrected chi connectivity index (χ2v) is 11.5. The van der Waals surface area contributed by atoms with Crippen LogP contribution in [0.15, 0.2) is 58.3 Å². The summed E-state index contributed by atoms with van der Waals surface area (Å²) < 4.78 is 74.1. The Morgan fingerprint density at radius 3 is 2.41 bits per heavy atom. The van der Waals surface area contributed by atoms with Crippen LogP contribution in [0.25, 0.3) is 6.08 Å². The zero-order chi connectivity index (χ0) is 27.4. The number of halogens is 3. The van der Waals surface area contributed by atoms with Crippen LogP contribution in [0.4, 0.5) is 18.9 Å². The molecule has 0 fully saturated rings. The molecule has 3 aromatic rings. The summed E-state index contributed by atoms with van der Waals surface area (Å²) in [6.07, 6.45) is -2.29. The molecule has 2 aromatic carbocycles. The Bertz CT molecular complexity index is 1380. The van der Waals surface area contributed by atoms with Gasteiger partial charge in [0.25, 0.3) is 10.0 Å². The van der Waals surface area contributed by atoms with Crippen LogP contribution in [-0.4, -0.2) is 31.0 Å². The molecule has 0 radical (unpaired) electrons. The number of aryl methyl sites for hydroxylation is 1. The van der Waals surface area contributed by atoms with Crippen molar-refractivity contribution in [1.82, 2.24) is 4.98 Å². The van der Waals surface area contributed by atoms with E-state index in [1.807, 2.05) is 0 Å². The van der Waals surface area contributed by atoms with Crippen molar-refractivity contribution in [1.29, 1.82) is 0 Å². The Morgan fingerprint density at radius 2 is 1.86 bits per heavy atom. The maximum atomic E-state index is 13.5. The minimum Gasteiger partial charge on any atom is -0.487 e. The summed E-state index contributed by atoms with van der Waals surface area (Å²) >= 11 is 0.933. The number of benzene rings is 2. The van der Waals surface area contributed by atoms with E-state index in [0.717, 1.165) is 39.9 Å². The minimum absolute atomic E-state index is 0.00665. The Hall–Kier alpha value is -3.38. The summed E-state index contributed by atoms with van der Waals surface area (Å²) in [4.78, 5) is 14.8. The van der Waals surface area contributed by atoms with Gasteiger partial charge in [-0.15, -0.1) is 11.3 Å². The molecule has 37 heavy (non-hydrogen) atoms. The quantitative estimate of drug-likeness (QED) is 0.309. The molecule has 7 nitrogen and oxygen atoms in total. The molecule has 198 valence electrons. The molecule has 12 heteroatoms. The van der Waals surface area contributed by atoms with E-state index in [4.69, 9.17) is 9.84 Å². The van der Waals surface area contributed by atoms with Crippen molar-refractivity contribution in [3.8, 4) is 5.75 Å². The molecule has 3 rings (SSSR count). The summed E-state index contributed by atoms with van der Waals surface area (Å²) in [5, 5.41) is 10.3. The lowest BCUT2D eigenvalue weighted by Gasteiger charge is -2.27. The fourth-order valence-corrected chi connectivity index (χ4v) is 6.04. The van der Waals surface area contributed by atoms with E-state index in [-0.39, 0.29) is 34.8 Å². The normalized spacial score (nSPS) is 12.3. The molecule has 1 heterocycles. The number of rotatable bonds is 10. The smallest absolute Gasteiger partial charge is 0.416 e. The summed E-state index contributed by atoms with van der Waals surface area (Å²) in [7, 11) is -4.18. The van der Waals surface area contributed by atoms with Crippen LogP contribution in [0.3, 0.4) is 0 Å². The van der Waals surface area contributed by atoms with Crippen molar-refractivity contribution in [3.05, 3.63) is 76.3 Å². The van der Waals surface area contributed by atoms with Gasteiger partial charge in [0.05, 0.1) is 11.3 Å². The van der Waals surface area contributed by atoms with Crippen molar-refractivity contribution in [2.75, 3.05) is 10.8 Å².